The van der Waals surface area contributed by atoms with Gasteiger partial charge in [-0.25, -0.2) is 4.68 Å². The summed E-state index contributed by atoms with van der Waals surface area (Å²) in [5.41, 5.74) is 7.57. The van der Waals surface area contributed by atoms with Crippen LogP contribution in [-0.2, 0) is 4.79 Å². The summed E-state index contributed by atoms with van der Waals surface area (Å²) >= 11 is 0. The smallest absolute Gasteiger partial charge is 0.269 e. The van der Waals surface area contributed by atoms with Crippen LogP contribution in [0.15, 0.2) is 60.1 Å². The second-order valence-electron chi connectivity index (χ2n) is 6.22. The molecular formula is C18H15N7O3. The Hall–Kier alpha value is -4.08. The van der Waals surface area contributed by atoms with Gasteiger partial charge in [-0.1, -0.05) is 12.1 Å². The topological polar surface area (TPSA) is 142 Å². The Morgan fingerprint density at radius 3 is 2.71 bits per heavy atom. The van der Waals surface area contributed by atoms with E-state index in [9.17, 15) is 14.9 Å². The van der Waals surface area contributed by atoms with Gasteiger partial charge in [-0.2, -0.15) is 4.98 Å². The van der Waals surface area contributed by atoms with Crippen LogP contribution in [0, 0.1) is 10.1 Å². The fourth-order valence-corrected chi connectivity index (χ4v) is 3.21. The van der Waals surface area contributed by atoms with Crippen LogP contribution in [0.25, 0.3) is 11.4 Å². The number of anilines is 1. The van der Waals surface area contributed by atoms with E-state index >= 15 is 0 Å². The number of rotatable bonds is 4. The van der Waals surface area contributed by atoms with Gasteiger partial charge in [0.25, 0.3) is 5.69 Å². The summed E-state index contributed by atoms with van der Waals surface area (Å²) < 4.78 is 1.52. The third kappa shape index (κ3) is 2.86. The molecule has 1 amide bonds. The number of nitro benzene ring substituents is 1. The average molecular weight is 377 g/mol. The van der Waals surface area contributed by atoms with Crippen LogP contribution in [0.1, 0.15) is 18.5 Å². The van der Waals surface area contributed by atoms with E-state index < -0.39 is 16.9 Å². The molecule has 10 heteroatoms. The largest absolute Gasteiger partial charge is 0.366 e. The van der Waals surface area contributed by atoms with Gasteiger partial charge in [0, 0.05) is 35.8 Å². The lowest BCUT2D eigenvalue weighted by atomic mass is 9.95. The lowest BCUT2D eigenvalue weighted by Crippen LogP contribution is -2.31. The zero-order valence-corrected chi connectivity index (χ0v) is 14.7. The van der Waals surface area contributed by atoms with Gasteiger partial charge in [0.15, 0.2) is 5.82 Å². The first-order valence-electron chi connectivity index (χ1n) is 8.34. The van der Waals surface area contributed by atoms with Gasteiger partial charge in [0.2, 0.25) is 11.9 Å². The molecule has 10 nitrogen and oxygen atoms in total. The normalized spacial score (nSPS) is 15.7. The fourth-order valence-electron chi connectivity index (χ4n) is 3.21. The van der Waals surface area contributed by atoms with Crippen LogP contribution in [0.5, 0.6) is 0 Å². The summed E-state index contributed by atoms with van der Waals surface area (Å²) in [4.78, 5) is 31.4. The van der Waals surface area contributed by atoms with Crippen molar-refractivity contribution in [3.8, 4) is 11.4 Å². The van der Waals surface area contributed by atoms with Gasteiger partial charge in [0.05, 0.1) is 10.5 Å². The highest BCUT2D eigenvalue weighted by atomic mass is 16.6. The van der Waals surface area contributed by atoms with E-state index in [0.717, 1.165) is 5.56 Å². The van der Waals surface area contributed by atoms with Gasteiger partial charge in [0.1, 0.15) is 6.04 Å². The monoisotopic (exact) mass is 377 g/mol. The van der Waals surface area contributed by atoms with Gasteiger partial charge in [-0.3, -0.25) is 19.9 Å². The molecule has 3 N–H and O–H groups in total. The van der Waals surface area contributed by atoms with Crippen molar-refractivity contribution in [1.82, 2.24) is 19.7 Å². The molecule has 0 bridgehead atoms. The Morgan fingerprint density at radius 1 is 1.29 bits per heavy atom. The van der Waals surface area contributed by atoms with Crippen LogP contribution in [0.4, 0.5) is 11.6 Å². The molecule has 140 valence electrons. The molecule has 1 unspecified atom stereocenters. The molecule has 0 aliphatic carbocycles. The zero-order valence-electron chi connectivity index (χ0n) is 14.7. The number of fused-ring (bicyclic) bond motifs is 1. The highest BCUT2D eigenvalue weighted by Crippen LogP contribution is 2.36. The summed E-state index contributed by atoms with van der Waals surface area (Å²) in [6.07, 6.45) is 3.25. The van der Waals surface area contributed by atoms with E-state index in [1.165, 1.54) is 16.8 Å². The van der Waals surface area contributed by atoms with Crippen LogP contribution in [-0.4, -0.2) is 30.6 Å². The van der Waals surface area contributed by atoms with E-state index in [0.29, 0.717) is 23.0 Å². The van der Waals surface area contributed by atoms with Crippen molar-refractivity contribution >= 4 is 17.5 Å². The maximum absolute atomic E-state index is 12.2. The quantitative estimate of drug-likeness (QED) is 0.523. The van der Waals surface area contributed by atoms with Gasteiger partial charge < -0.3 is 11.1 Å². The maximum atomic E-state index is 12.2. The number of amides is 1. The van der Waals surface area contributed by atoms with E-state index in [-0.39, 0.29) is 11.3 Å². The van der Waals surface area contributed by atoms with E-state index in [1.54, 1.807) is 43.6 Å². The van der Waals surface area contributed by atoms with Crippen LogP contribution < -0.4 is 11.1 Å². The molecule has 0 radical (unpaired) electrons. The Morgan fingerprint density at radius 2 is 2.04 bits per heavy atom. The number of hydrogen-bond donors (Lipinski definition) is 2. The minimum absolute atomic E-state index is 0.0893. The number of hydrogen-bond acceptors (Lipinski definition) is 7. The van der Waals surface area contributed by atoms with Crippen molar-refractivity contribution in [3.05, 3.63) is 75.7 Å². The molecule has 2 aromatic heterocycles. The third-order valence-corrected chi connectivity index (χ3v) is 4.45. The summed E-state index contributed by atoms with van der Waals surface area (Å²) in [5, 5.41) is 18.8. The molecule has 4 rings (SSSR count). The number of primary amides is 1. The number of allylic oxidation sites excluding steroid dienone is 1. The minimum Gasteiger partial charge on any atom is -0.366 e. The number of nitrogens with one attached hydrogen (secondary N) is 1. The molecule has 0 saturated heterocycles. The molecule has 1 atom stereocenters. The first kappa shape index (κ1) is 17.3. The van der Waals surface area contributed by atoms with Crippen molar-refractivity contribution in [2.75, 3.05) is 5.32 Å². The molecule has 1 aliphatic rings. The first-order chi connectivity index (χ1) is 13.5. The lowest BCUT2D eigenvalue weighted by Gasteiger charge is -2.27. The van der Waals surface area contributed by atoms with Crippen molar-refractivity contribution in [2.45, 2.75) is 13.0 Å². The number of carbonyl (C=O) groups excluding carboxylic acids is 1. The van der Waals surface area contributed by atoms with E-state index in [2.05, 4.69) is 20.4 Å². The number of nitrogens with two attached hydrogens (primary N) is 1. The summed E-state index contributed by atoms with van der Waals surface area (Å²) in [6.45, 7) is 1.70. The standard InChI is InChI=1S/C18H15N7O3/c1-10-14(16(19)26)15(12-3-2-4-13(9-12)25(27)28)24-18(21-10)22-17(23-24)11-5-7-20-8-6-11/h2-9,15H,1H3,(H2,19,26)(H,21,22,23). The van der Waals surface area contributed by atoms with Crippen LogP contribution >= 0.6 is 0 Å². The number of non-ortho nitro benzene ring substituents is 1. The summed E-state index contributed by atoms with van der Waals surface area (Å²) in [5.74, 6) is 0.192. The second-order valence-corrected chi connectivity index (χ2v) is 6.22. The van der Waals surface area contributed by atoms with Gasteiger partial charge in [-0.05, 0) is 24.6 Å². The van der Waals surface area contributed by atoms with Crippen molar-refractivity contribution in [2.24, 2.45) is 5.73 Å². The van der Waals surface area contributed by atoms with E-state index in [4.69, 9.17) is 5.73 Å². The van der Waals surface area contributed by atoms with Crippen molar-refractivity contribution in [1.29, 1.82) is 0 Å². The third-order valence-electron chi connectivity index (χ3n) is 4.45. The molecule has 0 spiro atoms. The predicted octanol–water partition coefficient (Wildman–Crippen LogP) is 2.02. The SMILES string of the molecule is CC1=C(C(N)=O)C(c2cccc([N+](=O)[O-])c2)n2nc(-c3ccncc3)nc2N1. The van der Waals surface area contributed by atoms with Gasteiger partial charge >= 0.3 is 0 Å². The molecule has 28 heavy (non-hydrogen) atoms. The van der Waals surface area contributed by atoms with Crippen molar-refractivity contribution in [3.63, 3.8) is 0 Å². The van der Waals surface area contributed by atoms with Gasteiger partial charge in [-0.15, -0.1) is 5.10 Å². The summed E-state index contributed by atoms with van der Waals surface area (Å²) in [6, 6.07) is 8.83. The number of carbonyl (C=O) groups is 1. The lowest BCUT2D eigenvalue weighted by molar-refractivity contribution is -0.384. The summed E-state index contributed by atoms with van der Waals surface area (Å²) in [7, 11) is 0. The number of nitro groups is 1. The Balaban J connectivity index is 1.90. The molecular weight excluding hydrogens is 362 g/mol. The maximum Gasteiger partial charge on any atom is 0.269 e. The Bertz CT molecular complexity index is 1120. The molecule has 3 aromatic rings. The second kappa shape index (κ2) is 6.58. The number of pyridine rings is 1. The highest BCUT2D eigenvalue weighted by Gasteiger charge is 2.34. The van der Waals surface area contributed by atoms with Crippen molar-refractivity contribution < 1.29 is 9.72 Å². The van der Waals surface area contributed by atoms with E-state index in [1.807, 2.05) is 0 Å². The Labute approximate surface area is 158 Å². The number of benzene rings is 1. The zero-order chi connectivity index (χ0) is 19.8. The molecule has 1 aromatic carbocycles. The first-order valence-corrected chi connectivity index (χ1v) is 8.34. The minimum atomic E-state index is -0.739. The van der Waals surface area contributed by atoms with Crippen LogP contribution in [0.3, 0.4) is 0 Å². The molecule has 0 fully saturated rings. The molecule has 3 heterocycles. The number of aromatic nitrogens is 4. The molecule has 0 saturated carbocycles. The highest BCUT2D eigenvalue weighted by molar-refractivity contribution is 5.95. The average Bonchev–Trinajstić information content (AvgIpc) is 3.11. The van der Waals surface area contributed by atoms with Crippen LogP contribution in [0.2, 0.25) is 0 Å². The molecule has 1 aliphatic heterocycles. The number of nitrogens with zero attached hydrogens (tertiary/aromatic N) is 5. The Kier molecular flexibility index (Phi) is 4.07. The predicted molar refractivity (Wildman–Crippen MR) is 100 cm³/mol. The fraction of sp³-hybridized carbons (Fsp3) is 0.111.